The van der Waals surface area contributed by atoms with E-state index >= 15 is 0 Å². The van der Waals surface area contributed by atoms with E-state index in [9.17, 15) is 0 Å². The molecule has 0 saturated heterocycles. The second-order valence-electron chi connectivity index (χ2n) is 5.41. The van der Waals surface area contributed by atoms with Gasteiger partial charge in [-0.25, -0.2) is 0 Å². The van der Waals surface area contributed by atoms with Gasteiger partial charge in [-0.15, -0.1) is 0 Å². The fourth-order valence-electron chi connectivity index (χ4n) is 2.08. The minimum absolute atomic E-state index is 0.761. The molecule has 0 aliphatic heterocycles. The van der Waals surface area contributed by atoms with Crippen molar-refractivity contribution >= 4 is 0 Å². The monoisotopic (exact) mass is 272 g/mol. The summed E-state index contributed by atoms with van der Waals surface area (Å²) >= 11 is 0. The minimum Gasteiger partial charge on any atom is -0.379 e. The van der Waals surface area contributed by atoms with Crippen LogP contribution in [0.1, 0.15) is 84.5 Å². The summed E-state index contributed by atoms with van der Waals surface area (Å²) in [6, 6.07) is 0. The van der Waals surface area contributed by atoms with Crippen LogP contribution in [0.5, 0.6) is 0 Å². The zero-order valence-electron chi connectivity index (χ0n) is 13.4. The molecule has 0 aliphatic carbocycles. The van der Waals surface area contributed by atoms with E-state index in [4.69, 9.17) is 9.47 Å². The van der Waals surface area contributed by atoms with Gasteiger partial charge in [0.05, 0.1) is 13.2 Å². The number of hydrogen-bond acceptors (Lipinski definition) is 2. The summed E-state index contributed by atoms with van der Waals surface area (Å²) < 4.78 is 11.0. The zero-order valence-corrected chi connectivity index (χ0v) is 13.4. The Balaban J connectivity index is 2.88. The van der Waals surface area contributed by atoms with E-state index in [1.165, 1.54) is 64.2 Å². The van der Waals surface area contributed by atoms with Crippen molar-refractivity contribution in [3.63, 3.8) is 0 Å². The van der Waals surface area contributed by atoms with Gasteiger partial charge in [-0.3, -0.25) is 0 Å². The lowest BCUT2D eigenvalue weighted by atomic mass is 10.1. The first-order valence-electron chi connectivity index (χ1n) is 8.57. The molecule has 0 rings (SSSR count). The van der Waals surface area contributed by atoms with Crippen LogP contribution in [0.3, 0.4) is 0 Å². The fourth-order valence-corrected chi connectivity index (χ4v) is 2.08. The summed E-state index contributed by atoms with van der Waals surface area (Å²) in [6.07, 6.45) is 14.7. The molecule has 0 bridgehead atoms. The molecule has 0 aromatic heterocycles. The average Bonchev–Trinajstić information content (AvgIpc) is 2.43. The normalized spacial score (nSPS) is 11.1. The highest BCUT2D eigenvalue weighted by molar-refractivity contribution is 4.46. The predicted octanol–water partition coefficient (Wildman–Crippen LogP) is 5.35. The standard InChI is InChI=1S/C17H36O2/c1-3-5-7-8-9-10-11-12-13-15-19-17-16-18-14-6-4-2/h3-17H2,1-2H3. The maximum atomic E-state index is 5.55. The Morgan fingerprint density at radius 2 is 0.842 bits per heavy atom. The van der Waals surface area contributed by atoms with Gasteiger partial charge in [0.15, 0.2) is 0 Å². The molecule has 0 heterocycles. The molecule has 19 heavy (non-hydrogen) atoms. The van der Waals surface area contributed by atoms with Gasteiger partial charge < -0.3 is 9.47 Å². The van der Waals surface area contributed by atoms with Crippen LogP contribution in [0, 0.1) is 0 Å². The summed E-state index contributed by atoms with van der Waals surface area (Å²) in [6.45, 7) is 7.78. The molecule has 2 nitrogen and oxygen atoms in total. The summed E-state index contributed by atoms with van der Waals surface area (Å²) in [5.74, 6) is 0. The van der Waals surface area contributed by atoms with Crippen molar-refractivity contribution in [2.45, 2.75) is 84.5 Å². The van der Waals surface area contributed by atoms with Crippen LogP contribution in [0.4, 0.5) is 0 Å². The van der Waals surface area contributed by atoms with Crippen molar-refractivity contribution in [2.75, 3.05) is 26.4 Å². The molecule has 116 valence electrons. The molecule has 0 radical (unpaired) electrons. The highest BCUT2D eigenvalue weighted by Gasteiger charge is 1.93. The van der Waals surface area contributed by atoms with Crippen LogP contribution in [-0.4, -0.2) is 26.4 Å². The number of unbranched alkanes of at least 4 members (excludes halogenated alkanes) is 9. The van der Waals surface area contributed by atoms with Gasteiger partial charge in [0.25, 0.3) is 0 Å². The van der Waals surface area contributed by atoms with Crippen LogP contribution in [0.15, 0.2) is 0 Å². The Labute approximate surface area is 121 Å². The van der Waals surface area contributed by atoms with Gasteiger partial charge in [0.2, 0.25) is 0 Å². The number of rotatable bonds is 16. The zero-order chi connectivity index (χ0) is 14.0. The largest absolute Gasteiger partial charge is 0.379 e. The van der Waals surface area contributed by atoms with E-state index in [2.05, 4.69) is 13.8 Å². The Bertz CT molecular complexity index is 132. The first-order valence-corrected chi connectivity index (χ1v) is 8.57. The van der Waals surface area contributed by atoms with Gasteiger partial charge in [-0.05, 0) is 12.8 Å². The van der Waals surface area contributed by atoms with Crippen LogP contribution < -0.4 is 0 Å². The maximum absolute atomic E-state index is 5.55. The smallest absolute Gasteiger partial charge is 0.0700 e. The van der Waals surface area contributed by atoms with E-state index in [0.29, 0.717) is 0 Å². The van der Waals surface area contributed by atoms with Crippen molar-refractivity contribution in [1.29, 1.82) is 0 Å². The van der Waals surface area contributed by atoms with Gasteiger partial charge in [-0.2, -0.15) is 0 Å². The van der Waals surface area contributed by atoms with E-state index in [1.54, 1.807) is 0 Å². The summed E-state index contributed by atoms with van der Waals surface area (Å²) in [4.78, 5) is 0. The van der Waals surface area contributed by atoms with E-state index in [0.717, 1.165) is 32.8 Å². The van der Waals surface area contributed by atoms with Gasteiger partial charge >= 0.3 is 0 Å². The molecule has 0 N–H and O–H groups in total. The molecule has 0 unspecified atom stereocenters. The third-order valence-electron chi connectivity index (χ3n) is 3.41. The van der Waals surface area contributed by atoms with E-state index in [-0.39, 0.29) is 0 Å². The van der Waals surface area contributed by atoms with Crippen LogP contribution in [-0.2, 0) is 9.47 Å². The lowest BCUT2D eigenvalue weighted by Gasteiger charge is -2.05. The SMILES string of the molecule is CCCCCCCCCCCOCCOCCCC. The minimum atomic E-state index is 0.761. The molecular weight excluding hydrogens is 236 g/mol. The highest BCUT2D eigenvalue weighted by atomic mass is 16.5. The predicted molar refractivity (Wildman–Crippen MR) is 83.8 cm³/mol. The topological polar surface area (TPSA) is 18.5 Å². The summed E-state index contributed by atoms with van der Waals surface area (Å²) in [7, 11) is 0. The highest BCUT2D eigenvalue weighted by Crippen LogP contribution is 2.09. The first kappa shape index (κ1) is 18.9. The maximum Gasteiger partial charge on any atom is 0.0700 e. The van der Waals surface area contributed by atoms with Crippen LogP contribution in [0.25, 0.3) is 0 Å². The molecule has 0 aromatic rings. The Kier molecular flexibility index (Phi) is 17.8. The fraction of sp³-hybridized carbons (Fsp3) is 1.00. The molecule has 0 fully saturated rings. The van der Waals surface area contributed by atoms with Gasteiger partial charge in [0.1, 0.15) is 0 Å². The average molecular weight is 272 g/mol. The second-order valence-corrected chi connectivity index (χ2v) is 5.41. The number of ether oxygens (including phenoxy) is 2. The van der Waals surface area contributed by atoms with E-state index in [1.807, 2.05) is 0 Å². The lowest BCUT2D eigenvalue weighted by Crippen LogP contribution is -2.06. The van der Waals surface area contributed by atoms with Gasteiger partial charge in [-0.1, -0.05) is 71.6 Å². The first-order chi connectivity index (χ1) is 9.41. The molecule has 0 atom stereocenters. The summed E-state index contributed by atoms with van der Waals surface area (Å²) in [5, 5.41) is 0. The molecule has 0 amide bonds. The molecular formula is C17H36O2. The Morgan fingerprint density at radius 1 is 0.421 bits per heavy atom. The molecule has 2 heteroatoms. The van der Waals surface area contributed by atoms with Crippen LogP contribution >= 0.6 is 0 Å². The Morgan fingerprint density at radius 3 is 1.37 bits per heavy atom. The molecule has 0 saturated carbocycles. The molecule has 0 aliphatic rings. The third kappa shape index (κ3) is 17.9. The van der Waals surface area contributed by atoms with Crippen molar-refractivity contribution in [2.24, 2.45) is 0 Å². The molecule has 0 spiro atoms. The third-order valence-corrected chi connectivity index (χ3v) is 3.41. The van der Waals surface area contributed by atoms with Crippen molar-refractivity contribution in [3.05, 3.63) is 0 Å². The molecule has 0 aromatic carbocycles. The van der Waals surface area contributed by atoms with Gasteiger partial charge in [0, 0.05) is 13.2 Å². The Hall–Kier alpha value is -0.0800. The quantitative estimate of drug-likeness (QED) is 0.353. The van der Waals surface area contributed by atoms with Crippen LogP contribution in [0.2, 0.25) is 0 Å². The van der Waals surface area contributed by atoms with Crippen molar-refractivity contribution in [1.82, 2.24) is 0 Å². The van der Waals surface area contributed by atoms with Crippen molar-refractivity contribution < 1.29 is 9.47 Å². The van der Waals surface area contributed by atoms with Crippen molar-refractivity contribution in [3.8, 4) is 0 Å². The lowest BCUT2D eigenvalue weighted by molar-refractivity contribution is 0.0453. The number of hydrogen-bond donors (Lipinski definition) is 0. The summed E-state index contributed by atoms with van der Waals surface area (Å²) in [5.41, 5.74) is 0. The second kappa shape index (κ2) is 17.9. The van der Waals surface area contributed by atoms with E-state index < -0.39 is 0 Å².